The molecule has 0 aliphatic heterocycles. The Kier molecular flexibility index (Phi) is 8.04. The van der Waals surface area contributed by atoms with Crippen LogP contribution in [0, 0.1) is 0 Å². The van der Waals surface area contributed by atoms with Crippen LogP contribution in [0.4, 0.5) is 0 Å². The van der Waals surface area contributed by atoms with E-state index in [1.165, 1.54) is 11.8 Å². The molecule has 0 atom stereocenters. The van der Waals surface area contributed by atoms with Crippen molar-refractivity contribution in [1.29, 1.82) is 0 Å². The summed E-state index contributed by atoms with van der Waals surface area (Å²) in [5.41, 5.74) is 0. The Labute approximate surface area is 98.6 Å². The molecule has 0 aliphatic carbocycles. The highest BCUT2D eigenvalue weighted by atomic mass is 35.8. The molecular weight excluding hydrogens is 267 g/mol. The van der Waals surface area contributed by atoms with Crippen LogP contribution >= 0.6 is 45.0 Å². The first-order chi connectivity index (χ1) is 5.95. The average molecular weight is 280 g/mol. The number of hydrogen-bond donors (Lipinski definition) is 0. The van der Waals surface area contributed by atoms with E-state index in [9.17, 15) is 4.79 Å². The molecule has 0 unspecified atom stereocenters. The van der Waals surface area contributed by atoms with Crippen LogP contribution < -0.4 is 0 Å². The highest BCUT2D eigenvalue weighted by Crippen LogP contribution is 2.27. The molecule has 0 aromatic carbocycles. The second-order valence-electron chi connectivity index (χ2n) is 2.63. The van der Waals surface area contributed by atoms with Crippen LogP contribution in [-0.4, -0.2) is 16.9 Å². The predicted octanol–water partition coefficient (Wildman–Crippen LogP) is 4.09. The van der Waals surface area contributed by atoms with Gasteiger partial charge in [0.2, 0.25) is 0 Å². The molecule has 0 aliphatic rings. The van der Waals surface area contributed by atoms with Crippen molar-refractivity contribution in [3.63, 3.8) is 0 Å². The van der Waals surface area contributed by atoms with Gasteiger partial charge in [-0.15, -0.1) is 33.2 Å². The Hall–Kier alpha value is 1.11. The second kappa shape index (κ2) is 7.41. The summed E-state index contributed by atoms with van der Waals surface area (Å²) >= 11 is 18.4. The molecule has 0 radical (unpaired) electrons. The molecule has 0 heterocycles. The quantitative estimate of drug-likeness (QED) is 0.414. The van der Waals surface area contributed by atoms with Crippen LogP contribution in [0.15, 0.2) is 0 Å². The van der Waals surface area contributed by atoms with E-state index in [0.29, 0.717) is 12.5 Å². The lowest BCUT2D eigenvalue weighted by atomic mass is 10.3. The van der Waals surface area contributed by atoms with Crippen LogP contribution in [0.2, 0.25) is 6.04 Å². The van der Waals surface area contributed by atoms with Crippen LogP contribution in [0.1, 0.15) is 26.2 Å². The molecule has 0 saturated heterocycles. The zero-order valence-electron chi connectivity index (χ0n) is 7.49. The van der Waals surface area contributed by atoms with Crippen molar-refractivity contribution >= 4 is 56.1 Å². The Bertz CT molecular complexity index is 160. The van der Waals surface area contributed by atoms with Crippen molar-refractivity contribution in [2.24, 2.45) is 0 Å². The van der Waals surface area contributed by atoms with Gasteiger partial charge in [0.15, 0.2) is 5.12 Å². The van der Waals surface area contributed by atoms with Gasteiger partial charge < -0.3 is 0 Å². The smallest absolute Gasteiger partial charge is 0.287 e. The Balaban J connectivity index is 3.31. The lowest BCUT2D eigenvalue weighted by molar-refractivity contribution is -0.111. The fraction of sp³-hybridized carbons (Fsp3) is 0.857. The van der Waals surface area contributed by atoms with Gasteiger partial charge in [-0.2, -0.15) is 0 Å². The molecule has 0 rings (SSSR count). The maximum Gasteiger partial charge on any atom is 0.341 e. The molecule has 0 spiro atoms. The van der Waals surface area contributed by atoms with Crippen LogP contribution in [0.3, 0.4) is 0 Å². The number of hydrogen-bond acceptors (Lipinski definition) is 2. The van der Waals surface area contributed by atoms with Gasteiger partial charge in [-0.25, -0.2) is 0 Å². The van der Waals surface area contributed by atoms with Crippen molar-refractivity contribution in [2.45, 2.75) is 32.2 Å². The molecule has 0 fully saturated rings. The van der Waals surface area contributed by atoms with Crippen LogP contribution in [0.5, 0.6) is 0 Å². The summed E-state index contributed by atoms with van der Waals surface area (Å²) in [6.45, 7) is 1.97. The van der Waals surface area contributed by atoms with Gasteiger partial charge in [0.25, 0.3) is 0 Å². The average Bonchev–Trinajstić information content (AvgIpc) is 1.97. The Morgan fingerprint density at radius 2 is 1.92 bits per heavy atom. The summed E-state index contributed by atoms with van der Waals surface area (Å²) < 4.78 is 0. The zero-order chi connectivity index (χ0) is 10.3. The molecule has 0 aromatic rings. The molecule has 0 N–H and O–H groups in total. The van der Waals surface area contributed by atoms with Gasteiger partial charge >= 0.3 is 6.00 Å². The molecular formula is C7H13Cl3OSSi. The molecule has 0 aromatic heterocycles. The lowest BCUT2D eigenvalue weighted by Crippen LogP contribution is -2.08. The molecule has 0 amide bonds. The molecule has 6 heteroatoms. The van der Waals surface area contributed by atoms with Gasteiger partial charge in [-0.05, 0) is 18.2 Å². The summed E-state index contributed by atoms with van der Waals surface area (Å²) in [5.74, 6) is 0.845. The number of thioether (sulfide) groups is 1. The molecule has 13 heavy (non-hydrogen) atoms. The standard InChI is InChI=1S/C7H13Cl3OSSi/c1-2-12-7(11)5-3-4-6-13(8,9)10/h2-6H2,1H3. The van der Waals surface area contributed by atoms with Gasteiger partial charge in [-0.1, -0.05) is 25.1 Å². The lowest BCUT2D eigenvalue weighted by Gasteiger charge is -2.05. The zero-order valence-corrected chi connectivity index (χ0v) is 11.6. The molecule has 78 valence electrons. The third-order valence-corrected chi connectivity index (χ3v) is 4.83. The monoisotopic (exact) mass is 278 g/mol. The minimum absolute atomic E-state index is 0.244. The SMILES string of the molecule is CCSC(=O)CCCC[Si](Cl)(Cl)Cl. The third-order valence-electron chi connectivity index (χ3n) is 1.40. The van der Waals surface area contributed by atoms with Crippen LogP contribution in [-0.2, 0) is 4.79 Å². The third kappa shape index (κ3) is 11.0. The fourth-order valence-corrected chi connectivity index (χ4v) is 3.29. The first-order valence-corrected chi connectivity index (χ1v) is 10.4. The molecule has 0 saturated carbocycles. The number of halogens is 3. The van der Waals surface area contributed by atoms with Crippen molar-refractivity contribution in [1.82, 2.24) is 0 Å². The Morgan fingerprint density at radius 1 is 1.31 bits per heavy atom. The predicted molar refractivity (Wildman–Crippen MR) is 65.1 cm³/mol. The molecule has 0 bridgehead atoms. The summed E-state index contributed by atoms with van der Waals surface area (Å²) in [7, 11) is 0. The fourth-order valence-electron chi connectivity index (χ4n) is 0.828. The highest BCUT2D eigenvalue weighted by Gasteiger charge is 2.23. The summed E-state index contributed by atoms with van der Waals surface area (Å²) in [6.07, 6.45) is 2.29. The van der Waals surface area contributed by atoms with Crippen molar-refractivity contribution < 1.29 is 4.79 Å². The minimum atomic E-state index is -2.45. The van der Waals surface area contributed by atoms with E-state index in [-0.39, 0.29) is 5.12 Å². The number of carbonyl (C=O) groups is 1. The maximum atomic E-state index is 11.0. The Morgan fingerprint density at radius 3 is 2.38 bits per heavy atom. The normalized spacial score (nSPS) is 11.7. The number of carbonyl (C=O) groups excluding carboxylic acids is 1. The largest absolute Gasteiger partial charge is 0.341 e. The van der Waals surface area contributed by atoms with E-state index in [1.807, 2.05) is 6.92 Å². The van der Waals surface area contributed by atoms with Gasteiger partial charge in [-0.3, -0.25) is 4.79 Å². The highest BCUT2D eigenvalue weighted by molar-refractivity contribution is 8.13. The van der Waals surface area contributed by atoms with Crippen molar-refractivity contribution in [3.8, 4) is 0 Å². The molecule has 1 nitrogen and oxygen atoms in total. The number of unbranched alkanes of at least 4 members (excludes halogenated alkanes) is 1. The van der Waals surface area contributed by atoms with Gasteiger partial charge in [0.05, 0.1) is 0 Å². The van der Waals surface area contributed by atoms with Crippen molar-refractivity contribution in [2.75, 3.05) is 5.75 Å². The van der Waals surface area contributed by atoms with E-state index >= 15 is 0 Å². The van der Waals surface area contributed by atoms with E-state index in [1.54, 1.807) is 0 Å². The first kappa shape index (κ1) is 14.1. The summed E-state index contributed by atoms with van der Waals surface area (Å²) in [4.78, 5) is 11.0. The van der Waals surface area contributed by atoms with Gasteiger partial charge in [0, 0.05) is 6.42 Å². The van der Waals surface area contributed by atoms with Crippen molar-refractivity contribution in [3.05, 3.63) is 0 Å². The van der Waals surface area contributed by atoms with E-state index < -0.39 is 6.00 Å². The van der Waals surface area contributed by atoms with Crippen LogP contribution in [0.25, 0.3) is 0 Å². The van der Waals surface area contributed by atoms with Gasteiger partial charge in [0.1, 0.15) is 0 Å². The maximum absolute atomic E-state index is 11.0. The minimum Gasteiger partial charge on any atom is -0.287 e. The van der Waals surface area contributed by atoms with E-state index in [4.69, 9.17) is 33.2 Å². The summed E-state index contributed by atoms with van der Waals surface area (Å²) in [6, 6.07) is -1.79. The number of rotatable bonds is 6. The second-order valence-corrected chi connectivity index (χ2v) is 13.2. The summed E-state index contributed by atoms with van der Waals surface area (Å²) in [5, 5.41) is 0.244. The van der Waals surface area contributed by atoms with E-state index in [2.05, 4.69) is 0 Å². The van der Waals surface area contributed by atoms with E-state index in [0.717, 1.165) is 18.6 Å². The topological polar surface area (TPSA) is 17.1 Å². The first-order valence-electron chi connectivity index (χ1n) is 4.18.